The van der Waals surface area contributed by atoms with Crippen molar-refractivity contribution in [1.82, 2.24) is 0 Å². The van der Waals surface area contributed by atoms with Crippen LogP contribution in [0.4, 0.5) is 0 Å². The monoisotopic (exact) mass is 673 g/mol. The molecule has 1 N–H and O–H groups in total. The van der Waals surface area contributed by atoms with Gasteiger partial charge < -0.3 is 14.0 Å². The van der Waals surface area contributed by atoms with Gasteiger partial charge in [-0.15, -0.1) is 0 Å². The van der Waals surface area contributed by atoms with E-state index in [0.29, 0.717) is 17.9 Å². The van der Waals surface area contributed by atoms with Gasteiger partial charge in [-0.1, -0.05) is 111 Å². The van der Waals surface area contributed by atoms with E-state index >= 15 is 0 Å². The van der Waals surface area contributed by atoms with Gasteiger partial charge in [0.1, 0.15) is 0 Å². The van der Waals surface area contributed by atoms with E-state index in [4.69, 9.17) is 8.85 Å². The number of aliphatic hydroxyl groups is 1. The lowest BCUT2D eigenvalue weighted by molar-refractivity contribution is 0.0650. The minimum atomic E-state index is -1.98. The highest BCUT2D eigenvalue weighted by Gasteiger charge is 2.51. The van der Waals surface area contributed by atoms with Gasteiger partial charge in [0, 0.05) is 6.61 Å². The second-order valence-electron chi connectivity index (χ2n) is 19.0. The molecule has 0 heterocycles. The number of aliphatic hydroxyl groups excluding tert-OH is 1. The summed E-state index contributed by atoms with van der Waals surface area (Å²) in [4.78, 5) is 0. The van der Waals surface area contributed by atoms with Crippen molar-refractivity contribution in [2.75, 3.05) is 6.61 Å². The molecule has 3 aliphatic rings. The molecule has 0 bridgehead atoms. The summed E-state index contributed by atoms with van der Waals surface area (Å²) in [5, 5.41) is 9.94. The number of rotatable bonds is 13. The van der Waals surface area contributed by atoms with Crippen LogP contribution in [-0.4, -0.2) is 40.6 Å². The van der Waals surface area contributed by atoms with E-state index in [9.17, 15) is 5.11 Å². The van der Waals surface area contributed by atoms with Crippen molar-refractivity contribution in [1.29, 1.82) is 0 Å². The first-order chi connectivity index (χ1) is 21.2. The molecule has 0 aromatic carbocycles. The number of fused-ring (bicyclic) bond motifs is 1. The molecule has 266 valence electrons. The Morgan fingerprint density at radius 1 is 0.913 bits per heavy atom. The van der Waals surface area contributed by atoms with Crippen molar-refractivity contribution < 1.29 is 14.0 Å². The second-order valence-corrected chi connectivity index (χ2v) is 28.5. The average molecular weight is 673 g/mol. The van der Waals surface area contributed by atoms with E-state index in [1.807, 2.05) is 0 Å². The van der Waals surface area contributed by atoms with Gasteiger partial charge >= 0.3 is 0 Å². The maximum atomic E-state index is 9.63. The van der Waals surface area contributed by atoms with Gasteiger partial charge in [-0.25, -0.2) is 0 Å². The van der Waals surface area contributed by atoms with Gasteiger partial charge in [-0.05, 0) is 129 Å². The smallest absolute Gasteiger partial charge is 0.192 e. The number of hydrogen-bond donors (Lipinski definition) is 1. The van der Waals surface area contributed by atoms with Crippen LogP contribution in [0.2, 0.25) is 36.3 Å². The van der Waals surface area contributed by atoms with Gasteiger partial charge in [0.15, 0.2) is 16.6 Å². The molecule has 0 aromatic rings. The SMILES string of the molecule is C=C1[C@H](O[Si](C)(C)C(C)(C)C)CC(=C/C=C2\CCC[C@]3(C)[C@@H]([C@H](C)[C@@H](CCCC)CCCO)CC[C@@H]23)C[C@H]1O[Si](C)(C)C(C)(C)C. The van der Waals surface area contributed by atoms with Gasteiger partial charge in [0.25, 0.3) is 0 Å². The molecule has 0 radical (unpaired) electrons. The summed E-state index contributed by atoms with van der Waals surface area (Å²) in [5.41, 5.74) is 4.74. The largest absolute Gasteiger partial charge is 0.410 e. The minimum Gasteiger partial charge on any atom is -0.410 e. The standard InChI is InChI=1S/C41H76O3Si2/c1-15-16-19-33(21-18-27-42)30(2)35-24-25-36-34(20-17-26-41(35,36)10)23-22-32-28-37(43-45(11,12)39(4,5)6)31(3)38(29-32)44-46(13,14)40(7,8)9/h22-23,30,33,35-38,42H,3,15-21,24-29H2,1-2,4-14H3/b34-23+/t30-,33+,35-,36+,37-,38-,41-/m1/s1. The molecule has 3 saturated carbocycles. The Hall–Kier alpha value is -0.466. The molecule has 3 fully saturated rings. The zero-order valence-electron chi connectivity index (χ0n) is 32.8. The van der Waals surface area contributed by atoms with Crippen LogP contribution in [0.5, 0.6) is 0 Å². The summed E-state index contributed by atoms with van der Waals surface area (Å²) < 4.78 is 14.2. The molecule has 0 aromatic heterocycles. The first-order valence-corrected chi connectivity index (χ1v) is 25.0. The lowest BCUT2D eigenvalue weighted by Crippen LogP contribution is -2.49. The van der Waals surface area contributed by atoms with E-state index < -0.39 is 16.6 Å². The normalized spacial score (nSPS) is 30.4. The molecule has 0 saturated heterocycles. The summed E-state index contributed by atoms with van der Waals surface area (Å²) in [7, 11) is -3.96. The zero-order chi connectivity index (χ0) is 34.7. The van der Waals surface area contributed by atoms with Crippen LogP contribution in [0.3, 0.4) is 0 Å². The third kappa shape index (κ3) is 9.20. The predicted octanol–water partition coefficient (Wildman–Crippen LogP) is 12.4. The van der Waals surface area contributed by atoms with Crippen LogP contribution in [0, 0.1) is 29.1 Å². The summed E-state index contributed by atoms with van der Waals surface area (Å²) in [5.74, 6) is 2.97. The molecule has 3 nitrogen and oxygen atoms in total. The van der Waals surface area contributed by atoms with E-state index in [0.717, 1.165) is 42.6 Å². The molecule has 0 amide bonds. The van der Waals surface area contributed by atoms with Crippen LogP contribution in [0.1, 0.15) is 139 Å². The lowest BCUT2D eigenvalue weighted by atomic mass is 9.59. The molecule has 3 aliphatic carbocycles. The third-order valence-corrected chi connectivity index (χ3v) is 22.8. The lowest BCUT2D eigenvalue weighted by Gasteiger charge is -2.46. The Labute approximate surface area is 288 Å². The van der Waals surface area contributed by atoms with Crippen LogP contribution < -0.4 is 0 Å². The molecule has 0 aliphatic heterocycles. The molecular weight excluding hydrogens is 597 g/mol. The highest BCUT2D eigenvalue weighted by atomic mass is 28.4. The molecule has 0 spiro atoms. The van der Waals surface area contributed by atoms with Crippen LogP contribution in [-0.2, 0) is 8.85 Å². The average Bonchev–Trinajstić information content (AvgIpc) is 3.30. The van der Waals surface area contributed by atoms with Crippen molar-refractivity contribution >= 4 is 16.6 Å². The van der Waals surface area contributed by atoms with E-state index in [-0.39, 0.29) is 22.3 Å². The summed E-state index contributed by atoms with van der Waals surface area (Å²) >= 11 is 0. The highest BCUT2D eigenvalue weighted by Crippen LogP contribution is 2.60. The third-order valence-electron chi connectivity index (χ3n) is 13.8. The molecule has 46 heavy (non-hydrogen) atoms. The predicted molar refractivity (Wildman–Crippen MR) is 205 cm³/mol. The first kappa shape index (κ1) is 40.0. The quantitative estimate of drug-likeness (QED) is 0.156. The first-order valence-electron chi connectivity index (χ1n) is 19.2. The highest BCUT2D eigenvalue weighted by molar-refractivity contribution is 6.74. The van der Waals surface area contributed by atoms with Crippen molar-refractivity contribution in [2.45, 2.75) is 188 Å². The number of unbranched alkanes of at least 4 members (excludes halogenated alkanes) is 1. The minimum absolute atomic E-state index is 0.0290. The molecule has 0 unspecified atom stereocenters. The fraction of sp³-hybridized carbons (Fsp3) is 0.854. The summed E-state index contributed by atoms with van der Waals surface area (Å²) in [6.07, 6.45) is 19.7. The van der Waals surface area contributed by atoms with Crippen LogP contribution >= 0.6 is 0 Å². The second kappa shape index (κ2) is 15.6. The topological polar surface area (TPSA) is 38.7 Å². The maximum absolute atomic E-state index is 9.63. The molecular formula is C41H76O3Si2. The molecule has 5 heteroatoms. The van der Waals surface area contributed by atoms with Crippen molar-refractivity contribution in [3.05, 3.63) is 35.5 Å². The molecule has 7 atom stereocenters. The number of allylic oxidation sites excluding steroid dienone is 3. The fourth-order valence-corrected chi connectivity index (χ4v) is 11.3. The van der Waals surface area contributed by atoms with Gasteiger partial charge in [-0.3, -0.25) is 0 Å². The Morgan fingerprint density at radius 2 is 1.46 bits per heavy atom. The number of hydrogen-bond acceptors (Lipinski definition) is 3. The van der Waals surface area contributed by atoms with E-state index in [2.05, 4.69) is 107 Å². The zero-order valence-corrected chi connectivity index (χ0v) is 34.8. The van der Waals surface area contributed by atoms with Crippen LogP contribution in [0.25, 0.3) is 0 Å². The van der Waals surface area contributed by atoms with Gasteiger partial charge in [0.2, 0.25) is 0 Å². The Kier molecular flexibility index (Phi) is 13.6. The summed E-state index contributed by atoms with van der Waals surface area (Å²) in [6, 6.07) is 0. The maximum Gasteiger partial charge on any atom is 0.192 e. The Balaban J connectivity index is 1.89. The van der Waals surface area contributed by atoms with Gasteiger partial charge in [-0.2, -0.15) is 0 Å². The fourth-order valence-electron chi connectivity index (χ4n) is 8.65. The van der Waals surface area contributed by atoms with E-state index in [1.165, 1.54) is 63.4 Å². The van der Waals surface area contributed by atoms with Crippen LogP contribution in [0.15, 0.2) is 35.5 Å². The Bertz CT molecular complexity index is 1020. The summed E-state index contributed by atoms with van der Waals surface area (Å²) in [6.45, 7) is 36.0. The molecule has 3 rings (SSSR count). The van der Waals surface area contributed by atoms with Crippen molar-refractivity contribution in [3.63, 3.8) is 0 Å². The Morgan fingerprint density at radius 3 is 1.96 bits per heavy atom. The van der Waals surface area contributed by atoms with Crippen molar-refractivity contribution in [3.8, 4) is 0 Å². The van der Waals surface area contributed by atoms with Gasteiger partial charge in [0.05, 0.1) is 12.2 Å². The van der Waals surface area contributed by atoms with E-state index in [1.54, 1.807) is 5.57 Å². The van der Waals surface area contributed by atoms with Crippen molar-refractivity contribution in [2.24, 2.45) is 29.1 Å².